The van der Waals surface area contributed by atoms with Crippen molar-refractivity contribution in [1.29, 1.82) is 0 Å². The Morgan fingerprint density at radius 3 is 2.54 bits per heavy atom. The summed E-state index contributed by atoms with van der Waals surface area (Å²) in [6.45, 7) is 2.14. The molecule has 0 atom stereocenters. The molecule has 1 heterocycles. The summed E-state index contributed by atoms with van der Waals surface area (Å²) in [5, 5.41) is 0. The fourth-order valence-electron chi connectivity index (χ4n) is 1.96. The molecule has 1 aromatic rings. The van der Waals surface area contributed by atoms with Crippen molar-refractivity contribution in [3.8, 4) is 0 Å². The largest absolute Gasteiger partial charge is 0.321 e. The molecule has 0 aromatic carbocycles. The number of hydrogen-bond donors (Lipinski definition) is 1. The number of nitrogens with two attached hydrogens (primary N) is 1. The zero-order chi connectivity index (χ0) is 9.47. The van der Waals surface area contributed by atoms with Crippen LogP contribution in [0.2, 0.25) is 0 Å². The van der Waals surface area contributed by atoms with E-state index >= 15 is 0 Å². The number of hydrogen-bond acceptors (Lipinski definition) is 2. The smallest absolute Gasteiger partial charge is 0.0504 e. The molecule has 0 aliphatic heterocycles. The lowest BCUT2D eigenvalue weighted by molar-refractivity contribution is 0.471. The number of thiophene rings is 1. The van der Waals surface area contributed by atoms with Crippen LogP contribution in [-0.4, -0.2) is 0 Å². The Balaban J connectivity index is 2.34. The molecule has 13 heavy (non-hydrogen) atoms. The van der Waals surface area contributed by atoms with Gasteiger partial charge >= 0.3 is 0 Å². The highest BCUT2D eigenvalue weighted by molar-refractivity contribution is 9.10. The first-order valence-electron chi connectivity index (χ1n) is 4.67. The molecule has 0 amide bonds. The van der Waals surface area contributed by atoms with Gasteiger partial charge in [0.1, 0.15) is 0 Å². The Labute approximate surface area is 91.5 Å². The first kappa shape index (κ1) is 9.69. The van der Waals surface area contributed by atoms with Crippen LogP contribution < -0.4 is 5.73 Å². The third-order valence-electron chi connectivity index (χ3n) is 2.84. The summed E-state index contributed by atoms with van der Waals surface area (Å²) < 4.78 is 1.21. The van der Waals surface area contributed by atoms with Gasteiger partial charge in [0.2, 0.25) is 0 Å². The Morgan fingerprint density at radius 1 is 1.46 bits per heavy atom. The molecule has 1 saturated carbocycles. The van der Waals surface area contributed by atoms with Crippen LogP contribution in [0.5, 0.6) is 0 Å². The van der Waals surface area contributed by atoms with E-state index in [9.17, 15) is 0 Å². The van der Waals surface area contributed by atoms with Crippen LogP contribution in [-0.2, 0) is 5.54 Å². The Hall–Kier alpha value is 0.140. The predicted molar refractivity (Wildman–Crippen MR) is 61.1 cm³/mol. The van der Waals surface area contributed by atoms with Gasteiger partial charge in [-0.25, -0.2) is 0 Å². The van der Waals surface area contributed by atoms with Crippen LogP contribution >= 0.6 is 27.3 Å². The normalized spacial score (nSPS) is 20.8. The van der Waals surface area contributed by atoms with Crippen LogP contribution in [0.1, 0.15) is 35.4 Å². The summed E-state index contributed by atoms with van der Waals surface area (Å²) >= 11 is 5.38. The minimum atomic E-state index is -0.0125. The van der Waals surface area contributed by atoms with Gasteiger partial charge in [0.05, 0.1) is 5.54 Å². The maximum atomic E-state index is 6.35. The second-order valence-electron chi connectivity index (χ2n) is 3.88. The molecule has 1 aromatic heterocycles. The van der Waals surface area contributed by atoms with Crippen molar-refractivity contribution >= 4 is 27.3 Å². The van der Waals surface area contributed by atoms with Crippen molar-refractivity contribution in [1.82, 2.24) is 0 Å². The van der Waals surface area contributed by atoms with Gasteiger partial charge < -0.3 is 5.73 Å². The van der Waals surface area contributed by atoms with Crippen LogP contribution in [0.4, 0.5) is 0 Å². The Bertz CT molecular complexity index is 293. The van der Waals surface area contributed by atoms with Crippen molar-refractivity contribution in [3.63, 3.8) is 0 Å². The maximum absolute atomic E-state index is 6.35. The van der Waals surface area contributed by atoms with E-state index in [4.69, 9.17) is 5.73 Å². The first-order chi connectivity index (χ1) is 6.12. The van der Waals surface area contributed by atoms with Gasteiger partial charge in [-0.05, 0) is 41.8 Å². The van der Waals surface area contributed by atoms with Gasteiger partial charge in [-0.1, -0.05) is 12.8 Å². The molecule has 1 aliphatic carbocycles. The number of aryl methyl sites for hydroxylation is 1. The molecular formula is C10H14BrNS. The summed E-state index contributed by atoms with van der Waals surface area (Å²) in [6, 6.07) is 2.20. The van der Waals surface area contributed by atoms with Crippen molar-refractivity contribution in [3.05, 3.63) is 20.3 Å². The van der Waals surface area contributed by atoms with E-state index in [1.807, 2.05) is 11.3 Å². The van der Waals surface area contributed by atoms with Crippen molar-refractivity contribution in [2.75, 3.05) is 0 Å². The summed E-state index contributed by atoms with van der Waals surface area (Å²) in [6.07, 6.45) is 4.87. The second-order valence-corrected chi connectivity index (χ2v) is 5.99. The molecule has 2 N–H and O–H groups in total. The van der Waals surface area contributed by atoms with Crippen LogP contribution in [0.3, 0.4) is 0 Å². The summed E-state index contributed by atoms with van der Waals surface area (Å²) in [4.78, 5) is 2.70. The van der Waals surface area contributed by atoms with Gasteiger partial charge in [0.15, 0.2) is 0 Å². The lowest BCUT2D eigenvalue weighted by Crippen LogP contribution is -2.31. The lowest BCUT2D eigenvalue weighted by Gasteiger charge is -2.21. The molecule has 0 saturated heterocycles. The quantitative estimate of drug-likeness (QED) is 0.821. The van der Waals surface area contributed by atoms with E-state index in [1.54, 1.807) is 0 Å². The number of rotatable bonds is 1. The fraction of sp³-hybridized carbons (Fsp3) is 0.600. The minimum absolute atomic E-state index is 0.0125. The van der Waals surface area contributed by atoms with E-state index < -0.39 is 0 Å². The average Bonchev–Trinajstić information content (AvgIpc) is 2.62. The van der Waals surface area contributed by atoms with Crippen LogP contribution in [0.25, 0.3) is 0 Å². The topological polar surface area (TPSA) is 26.0 Å². The molecule has 1 aliphatic rings. The highest BCUT2D eigenvalue weighted by Crippen LogP contribution is 2.41. The molecule has 0 spiro atoms. The highest BCUT2D eigenvalue weighted by Gasteiger charge is 2.32. The van der Waals surface area contributed by atoms with E-state index in [0.29, 0.717) is 0 Å². The van der Waals surface area contributed by atoms with E-state index in [0.717, 1.165) is 12.8 Å². The lowest BCUT2D eigenvalue weighted by atomic mass is 9.97. The SMILES string of the molecule is Cc1sc(C2(N)CCCC2)cc1Br. The van der Waals surface area contributed by atoms with Gasteiger partial charge in [0, 0.05) is 14.2 Å². The molecule has 0 bridgehead atoms. The molecular weight excluding hydrogens is 246 g/mol. The summed E-state index contributed by atoms with van der Waals surface area (Å²) in [5.41, 5.74) is 6.34. The van der Waals surface area contributed by atoms with E-state index in [1.165, 1.54) is 27.1 Å². The molecule has 72 valence electrons. The maximum Gasteiger partial charge on any atom is 0.0504 e. The van der Waals surface area contributed by atoms with Crippen molar-refractivity contribution in [2.24, 2.45) is 5.73 Å². The van der Waals surface area contributed by atoms with Gasteiger partial charge in [-0.15, -0.1) is 11.3 Å². The van der Waals surface area contributed by atoms with Gasteiger partial charge in [0.25, 0.3) is 0 Å². The first-order valence-corrected chi connectivity index (χ1v) is 6.28. The number of halogens is 1. The minimum Gasteiger partial charge on any atom is -0.321 e. The summed E-state index contributed by atoms with van der Waals surface area (Å²) in [5.74, 6) is 0. The summed E-state index contributed by atoms with van der Waals surface area (Å²) in [7, 11) is 0. The second kappa shape index (κ2) is 3.37. The van der Waals surface area contributed by atoms with Gasteiger partial charge in [-0.3, -0.25) is 0 Å². The monoisotopic (exact) mass is 259 g/mol. The zero-order valence-electron chi connectivity index (χ0n) is 7.77. The standard InChI is InChI=1S/C10H14BrNS/c1-7-8(11)6-9(13-7)10(12)4-2-3-5-10/h6H,2-5,12H2,1H3. The Morgan fingerprint density at radius 2 is 2.08 bits per heavy atom. The zero-order valence-corrected chi connectivity index (χ0v) is 10.2. The molecule has 2 rings (SSSR count). The Kier molecular flexibility index (Phi) is 2.51. The fourth-order valence-corrected chi connectivity index (χ4v) is 3.65. The van der Waals surface area contributed by atoms with Crippen molar-refractivity contribution in [2.45, 2.75) is 38.1 Å². The van der Waals surface area contributed by atoms with Crippen molar-refractivity contribution < 1.29 is 0 Å². The third-order valence-corrected chi connectivity index (χ3v) is 5.20. The molecule has 1 nitrogen and oxygen atoms in total. The van der Waals surface area contributed by atoms with Crippen LogP contribution in [0, 0.1) is 6.92 Å². The van der Waals surface area contributed by atoms with E-state index in [2.05, 4.69) is 28.9 Å². The molecule has 0 radical (unpaired) electrons. The third kappa shape index (κ3) is 1.69. The molecule has 0 unspecified atom stereocenters. The average molecular weight is 260 g/mol. The predicted octanol–water partition coefficient (Wildman–Crippen LogP) is 3.55. The van der Waals surface area contributed by atoms with E-state index in [-0.39, 0.29) is 5.54 Å². The van der Waals surface area contributed by atoms with Crippen LogP contribution in [0.15, 0.2) is 10.5 Å². The molecule has 1 fully saturated rings. The highest BCUT2D eigenvalue weighted by atomic mass is 79.9. The molecule has 3 heteroatoms. The van der Waals surface area contributed by atoms with Gasteiger partial charge in [-0.2, -0.15) is 0 Å².